The minimum Gasteiger partial charge on any atom is -0.348 e. The van der Waals surface area contributed by atoms with Crippen LogP contribution in [0.4, 0.5) is 39.5 Å². The minimum atomic E-state index is -5.16. The van der Waals surface area contributed by atoms with E-state index >= 15 is 0 Å². The molecule has 15 heteroatoms. The summed E-state index contributed by atoms with van der Waals surface area (Å²) in [5.41, 5.74) is -3.04. The molecule has 2 aromatic carbocycles. The number of alkyl halides is 9. The second-order valence-corrected chi connectivity index (χ2v) is 8.95. The predicted molar refractivity (Wildman–Crippen MR) is 123 cm³/mol. The van der Waals surface area contributed by atoms with Crippen molar-refractivity contribution < 1.29 is 49.1 Å². The molecule has 1 atom stereocenters. The lowest BCUT2D eigenvalue weighted by Crippen LogP contribution is -2.37. The van der Waals surface area contributed by atoms with Gasteiger partial charge in [0.25, 0.3) is 0 Å². The van der Waals surface area contributed by atoms with Crippen molar-refractivity contribution in [1.82, 2.24) is 5.32 Å². The van der Waals surface area contributed by atoms with Crippen LogP contribution in [0.3, 0.4) is 0 Å². The van der Waals surface area contributed by atoms with E-state index in [4.69, 9.17) is 34.8 Å². The Morgan fingerprint density at radius 3 is 1.97 bits per heavy atom. The van der Waals surface area contributed by atoms with Crippen LogP contribution in [0.2, 0.25) is 15.1 Å². The molecule has 2 rings (SSSR count). The molecule has 1 N–H and O–H groups in total. The van der Waals surface area contributed by atoms with E-state index in [0.29, 0.717) is 12.1 Å². The van der Waals surface area contributed by atoms with Crippen molar-refractivity contribution in [3.05, 3.63) is 73.7 Å². The van der Waals surface area contributed by atoms with Gasteiger partial charge in [-0.15, -0.1) is 0 Å². The van der Waals surface area contributed by atoms with Crippen LogP contribution in [0.5, 0.6) is 0 Å². The number of halogens is 12. The molecule has 0 saturated heterocycles. The highest BCUT2D eigenvalue weighted by molar-refractivity contribution is 6.48. The van der Waals surface area contributed by atoms with Crippen molar-refractivity contribution in [2.75, 3.05) is 6.54 Å². The van der Waals surface area contributed by atoms with E-state index in [2.05, 4.69) is 0 Å². The third kappa shape index (κ3) is 8.54. The van der Waals surface area contributed by atoms with Crippen LogP contribution in [0.1, 0.15) is 45.8 Å². The van der Waals surface area contributed by atoms with Gasteiger partial charge in [0.2, 0.25) is 0 Å². The monoisotopic (exact) mass is 613 g/mol. The molecule has 0 saturated carbocycles. The van der Waals surface area contributed by atoms with Crippen LogP contribution in [-0.2, 0) is 11.0 Å². The molecular weight excluding hydrogens is 600 g/mol. The van der Waals surface area contributed by atoms with Crippen LogP contribution in [0, 0.1) is 0 Å². The number of ketones is 1. The molecule has 0 radical (unpaired) electrons. The Morgan fingerprint density at radius 1 is 0.895 bits per heavy atom. The zero-order chi connectivity index (χ0) is 29.1. The molecule has 1 amide bonds. The van der Waals surface area contributed by atoms with Crippen molar-refractivity contribution in [2.24, 2.45) is 0 Å². The highest BCUT2D eigenvalue weighted by Crippen LogP contribution is 2.41. The number of carbonyl (C=O) groups is 2. The Bertz CT molecular complexity index is 1200. The normalized spacial score (nSPS) is 13.6. The Labute approximate surface area is 224 Å². The summed E-state index contributed by atoms with van der Waals surface area (Å²) in [6, 6.07) is 4.01. The van der Waals surface area contributed by atoms with E-state index in [1.807, 2.05) is 0 Å². The summed E-state index contributed by atoms with van der Waals surface area (Å²) in [7, 11) is 0. The van der Waals surface area contributed by atoms with Crippen molar-refractivity contribution in [1.29, 1.82) is 0 Å². The van der Waals surface area contributed by atoms with Gasteiger partial charge in [-0.2, -0.15) is 39.5 Å². The van der Waals surface area contributed by atoms with Crippen molar-refractivity contribution in [2.45, 2.75) is 37.3 Å². The first kappa shape index (κ1) is 31.8. The molecule has 0 aliphatic heterocycles. The summed E-state index contributed by atoms with van der Waals surface area (Å²) < 4.78 is 118. The molecule has 38 heavy (non-hydrogen) atoms. The van der Waals surface area contributed by atoms with Gasteiger partial charge in [0.05, 0.1) is 26.5 Å². The van der Waals surface area contributed by atoms with E-state index in [-0.39, 0.29) is 27.1 Å². The Morgan fingerprint density at radius 2 is 1.47 bits per heavy atom. The number of rotatable bonds is 8. The first-order chi connectivity index (χ1) is 17.3. The van der Waals surface area contributed by atoms with Gasteiger partial charge in [0.1, 0.15) is 0 Å². The lowest BCUT2D eigenvalue weighted by atomic mass is 9.95. The van der Waals surface area contributed by atoms with Crippen molar-refractivity contribution >= 4 is 52.6 Å². The molecule has 2 aromatic rings. The molecule has 0 aliphatic rings. The van der Waals surface area contributed by atoms with Crippen molar-refractivity contribution in [3.8, 4) is 0 Å². The quantitative estimate of drug-likeness (QED) is 0.140. The van der Waals surface area contributed by atoms with E-state index in [1.54, 1.807) is 0 Å². The van der Waals surface area contributed by atoms with Gasteiger partial charge in [-0.3, -0.25) is 9.59 Å². The topological polar surface area (TPSA) is 46.2 Å². The first-order valence-electron chi connectivity index (χ1n) is 10.3. The average Bonchev–Trinajstić information content (AvgIpc) is 2.77. The molecule has 3 nitrogen and oxygen atoms in total. The third-order valence-electron chi connectivity index (χ3n) is 4.97. The lowest BCUT2D eigenvalue weighted by molar-refractivity contribution is -0.173. The van der Waals surface area contributed by atoms with Crippen LogP contribution >= 0.6 is 34.8 Å². The smallest absolute Gasteiger partial charge is 0.348 e. The van der Waals surface area contributed by atoms with Gasteiger partial charge >= 0.3 is 24.4 Å². The maximum Gasteiger partial charge on any atom is 0.471 e. The summed E-state index contributed by atoms with van der Waals surface area (Å²) >= 11 is 17.3. The van der Waals surface area contributed by atoms with Crippen molar-refractivity contribution in [3.63, 3.8) is 0 Å². The number of carbonyl (C=O) groups excluding carboxylic acids is 2. The molecule has 0 heterocycles. The molecular formula is C23H15Cl3F9NO2. The summed E-state index contributed by atoms with van der Waals surface area (Å²) in [5.74, 6) is -5.68. The highest BCUT2D eigenvalue weighted by Gasteiger charge is 2.40. The maximum atomic E-state index is 13.7. The highest BCUT2D eigenvalue weighted by atomic mass is 35.5. The fraction of sp³-hybridized carbons (Fsp3) is 0.304. The van der Waals surface area contributed by atoms with Crippen LogP contribution in [0.15, 0.2) is 36.4 Å². The second kappa shape index (κ2) is 12.2. The van der Waals surface area contributed by atoms with Gasteiger partial charge in [-0.1, -0.05) is 59.1 Å². The van der Waals surface area contributed by atoms with Crippen LogP contribution in [0.25, 0.3) is 6.08 Å². The summed E-state index contributed by atoms with van der Waals surface area (Å²) in [6.45, 7) is -0.621. The number of allylic oxidation sites excluding steroid dienone is 1. The van der Waals surface area contributed by atoms with Gasteiger partial charge in [0.15, 0.2) is 5.78 Å². The number of hydrogen-bond donors (Lipinski definition) is 1. The second-order valence-electron chi connectivity index (χ2n) is 7.76. The zero-order valence-electron chi connectivity index (χ0n) is 18.6. The fourth-order valence-electron chi connectivity index (χ4n) is 3.20. The molecule has 0 aliphatic carbocycles. The molecule has 1 unspecified atom stereocenters. The lowest BCUT2D eigenvalue weighted by Gasteiger charge is -2.18. The maximum absolute atomic E-state index is 13.7. The third-order valence-corrected chi connectivity index (χ3v) is 6.17. The molecule has 208 valence electrons. The van der Waals surface area contributed by atoms with Gasteiger partial charge < -0.3 is 5.32 Å². The van der Waals surface area contributed by atoms with E-state index in [0.717, 1.165) is 30.3 Å². The largest absolute Gasteiger partial charge is 0.471 e. The SMILES string of the molecule is O=C(CCCNC(=O)C(F)(F)F)c1ccc(/C=C/C(c2cc(Cl)c(Cl)c(Cl)c2)C(F)(F)F)cc1C(F)(F)F. The predicted octanol–water partition coefficient (Wildman–Crippen LogP) is 8.67. The standard InChI is InChI=1S/C23H15Cl3F9NO2/c24-16-9-12(10-17(25)19(16)26)14(21(27,28)29)6-4-11-3-5-13(15(8-11)22(30,31)32)18(37)2-1-7-36-20(38)23(33,34)35/h3-6,8-10,14H,1-2,7H2,(H,36,38)/b6-4+. The summed E-state index contributed by atoms with van der Waals surface area (Å²) in [4.78, 5) is 23.0. The fourth-order valence-corrected chi connectivity index (χ4v) is 3.81. The number of hydrogen-bond acceptors (Lipinski definition) is 2. The number of nitrogens with one attached hydrogen (secondary N) is 1. The van der Waals surface area contributed by atoms with E-state index in [9.17, 15) is 49.1 Å². The minimum absolute atomic E-state index is 0.181. The Balaban J connectivity index is 2.30. The van der Waals surface area contributed by atoms with Gasteiger partial charge in [0, 0.05) is 18.5 Å². The molecule has 0 spiro atoms. The van der Waals surface area contributed by atoms with Crippen LogP contribution in [-0.4, -0.2) is 30.6 Å². The molecule has 0 bridgehead atoms. The summed E-state index contributed by atoms with van der Waals surface area (Å²) in [6.07, 6.45) is -14.8. The number of amides is 1. The number of Topliss-reactive ketones (excluding diaryl/α,β-unsaturated/α-hetero) is 1. The van der Waals surface area contributed by atoms with Crippen LogP contribution < -0.4 is 5.32 Å². The Kier molecular flexibility index (Phi) is 10.2. The summed E-state index contributed by atoms with van der Waals surface area (Å²) in [5, 5.41) is 0.769. The van der Waals surface area contributed by atoms with Gasteiger partial charge in [-0.25, -0.2) is 0 Å². The Hall–Kier alpha value is -2.44. The number of benzene rings is 2. The van der Waals surface area contributed by atoms with Gasteiger partial charge in [-0.05, 0) is 35.7 Å². The first-order valence-corrected chi connectivity index (χ1v) is 11.4. The average molecular weight is 615 g/mol. The van der Waals surface area contributed by atoms with E-state index < -0.39 is 65.8 Å². The molecule has 0 aromatic heterocycles. The van der Waals surface area contributed by atoms with E-state index in [1.165, 1.54) is 5.32 Å². The zero-order valence-corrected chi connectivity index (χ0v) is 20.9. The molecule has 0 fully saturated rings.